The van der Waals surface area contributed by atoms with Crippen LogP contribution in [-0.4, -0.2) is 0 Å². The Bertz CT molecular complexity index is 964. The van der Waals surface area contributed by atoms with Gasteiger partial charge < -0.3 is 0 Å². The first kappa shape index (κ1) is 22.1. The summed E-state index contributed by atoms with van der Waals surface area (Å²) in [6.07, 6.45) is 10.6. The predicted molar refractivity (Wildman–Crippen MR) is 117 cm³/mol. The summed E-state index contributed by atoms with van der Waals surface area (Å²) >= 11 is 0. The second-order valence-corrected chi connectivity index (χ2v) is 9.46. The summed E-state index contributed by atoms with van der Waals surface area (Å²) in [6, 6.07) is 5.66. The highest BCUT2D eigenvalue weighted by Gasteiger charge is 2.37. The van der Waals surface area contributed by atoms with Crippen molar-refractivity contribution in [2.45, 2.75) is 64.2 Å². The van der Waals surface area contributed by atoms with Gasteiger partial charge in [-0.05, 0) is 86.7 Å². The van der Waals surface area contributed by atoms with E-state index in [-0.39, 0.29) is 22.6 Å². The summed E-state index contributed by atoms with van der Waals surface area (Å²) in [7, 11) is 0. The lowest BCUT2D eigenvalue weighted by atomic mass is 9.63. The van der Waals surface area contributed by atoms with Gasteiger partial charge in [0.1, 0.15) is 0 Å². The summed E-state index contributed by atoms with van der Waals surface area (Å²) in [5.74, 6) is -2.19. The van der Waals surface area contributed by atoms with E-state index in [0.29, 0.717) is 17.4 Å². The normalized spacial score (nSPS) is 25.8. The Hall–Kier alpha value is -2.10. The third-order valence-electron chi connectivity index (χ3n) is 7.62. The number of aryl methyl sites for hydroxylation is 1. The third kappa shape index (κ3) is 4.31. The van der Waals surface area contributed by atoms with Crippen LogP contribution in [0.4, 0.5) is 17.6 Å². The van der Waals surface area contributed by atoms with Gasteiger partial charge in [-0.2, -0.15) is 0 Å². The Morgan fingerprint density at radius 2 is 1.45 bits per heavy atom. The van der Waals surface area contributed by atoms with E-state index in [4.69, 9.17) is 0 Å². The largest absolute Gasteiger partial charge is 0.203 e. The number of hydrogen-bond donors (Lipinski definition) is 0. The summed E-state index contributed by atoms with van der Waals surface area (Å²) in [5.41, 5.74) is 0.0397. The minimum absolute atomic E-state index is 0.0193. The molecule has 0 bridgehead atoms. The molecule has 2 saturated carbocycles. The number of fused-ring (bicyclic) bond motifs is 1. The van der Waals surface area contributed by atoms with Gasteiger partial charge in [-0.25, -0.2) is 17.6 Å². The molecule has 0 amide bonds. The average molecular weight is 431 g/mol. The van der Waals surface area contributed by atoms with Crippen LogP contribution in [0, 0.1) is 47.9 Å². The Labute approximate surface area is 182 Å². The Balaban J connectivity index is 1.53. The molecule has 0 aromatic heterocycles. The van der Waals surface area contributed by atoms with E-state index in [1.54, 1.807) is 6.07 Å². The van der Waals surface area contributed by atoms with E-state index in [1.807, 2.05) is 6.08 Å². The number of allylic oxidation sites excluding steroid dienone is 1. The van der Waals surface area contributed by atoms with Gasteiger partial charge in [-0.15, -0.1) is 6.58 Å². The van der Waals surface area contributed by atoms with E-state index >= 15 is 4.39 Å². The van der Waals surface area contributed by atoms with E-state index in [1.165, 1.54) is 44.4 Å². The van der Waals surface area contributed by atoms with Crippen molar-refractivity contribution >= 4 is 0 Å². The molecular weight excluding hydrogens is 400 g/mol. The summed E-state index contributed by atoms with van der Waals surface area (Å²) in [4.78, 5) is 0. The van der Waals surface area contributed by atoms with E-state index in [2.05, 4.69) is 6.58 Å². The standard InChI is InChI=1S/C27H30F4/c1-3-4-5-17-7-8-19-15-20(10-9-18(19)14-17)21-12-13-23(27(31)25(21)29)22-11-6-16(2)24(28)26(22)30/h3,6,11-13,17-20H,1,4-5,7-10,14-15H2,2H3. The van der Waals surface area contributed by atoms with Crippen LogP contribution in [0.15, 0.2) is 36.9 Å². The van der Waals surface area contributed by atoms with Crippen molar-refractivity contribution in [2.24, 2.45) is 17.8 Å². The zero-order valence-electron chi connectivity index (χ0n) is 18.1. The minimum atomic E-state index is -1.14. The van der Waals surface area contributed by atoms with Gasteiger partial charge in [0.15, 0.2) is 23.3 Å². The molecule has 0 nitrogen and oxygen atoms in total. The Kier molecular flexibility index (Phi) is 6.55. The van der Waals surface area contributed by atoms with Crippen LogP contribution in [0.5, 0.6) is 0 Å². The molecule has 0 heterocycles. The molecule has 2 aliphatic carbocycles. The first-order valence-corrected chi connectivity index (χ1v) is 11.4. The van der Waals surface area contributed by atoms with Crippen LogP contribution in [0.1, 0.15) is 68.4 Å². The quantitative estimate of drug-likeness (QED) is 0.329. The zero-order valence-corrected chi connectivity index (χ0v) is 18.1. The SMILES string of the molecule is C=CCCC1CCC2CC(c3ccc(-c4ccc(C)c(F)c4F)c(F)c3F)CCC2C1. The molecule has 166 valence electrons. The van der Waals surface area contributed by atoms with Crippen molar-refractivity contribution in [2.75, 3.05) is 0 Å². The number of halogens is 4. The topological polar surface area (TPSA) is 0 Å². The monoisotopic (exact) mass is 430 g/mol. The molecule has 0 aliphatic heterocycles. The summed E-state index contributed by atoms with van der Waals surface area (Å²) in [5, 5.41) is 0. The van der Waals surface area contributed by atoms with E-state index in [0.717, 1.165) is 38.0 Å². The lowest BCUT2D eigenvalue weighted by Gasteiger charge is -2.42. The molecule has 31 heavy (non-hydrogen) atoms. The zero-order chi connectivity index (χ0) is 22.1. The maximum absolute atomic E-state index is 15.1. The number of benzene rings is 2. The van der Waals surface area contributed by atoms with Crippen LogP contribution in [-0.2, 0) is 0 Å². The van der Waals surface area contributed by atoms with Crippen molar-refractivity contribution in [1.29, 1.82) is 0 Å². The van der Waals surface area contributed by atoms with Gasteiger partial charge in [0.05, 0.1) is 0 Å². The molecule has 2 aliphatic rings. The van der Waals surface area contributed by atoms with Gasteiger partial charge in [-0.3, -0.25) is 0 Å². The molecular formula is C27H30F4. The molecule has 0 N–H and O–H groups in total. The van der Waals surface area contributed by atoms with Gasteiger partial charge in [-0.1, -0.05) is 36.8 Å². The van der Waals surface area contributed by atoms with Crippen LogP contribution in [0.25, 0.3) is 11.1 Å². The number of rotatable bonds is 5. The first-order chi connectivity index (χ1) is 14.9. The average Bonchev–Trinajstić information content (AvgIpc) is 2.78. The molecule has 4 heteroatoms. The predicted octanol–water partition coefficient (Wildman–Crippen LogP) is 8.48. The highest BCUT2D eigenvalue weighted by atomic mass is 19.2. The smallest absolute Gasteiger partial charge is 0.167 e. The van der Waals surface area contributed by atoms with Gasteiger partial charge in [0.25, 0.3) is 0 Å². The van der Waals surface area contributed by atoms with E-state index < -0.39 is 23.3 Å². The van der Waals surface area contributed by atoms with Gasteiger partial charge in [0, 0.05) is 11.1 Å². The highest BCUT2D eigenvalue weighted by Crippen LogP contribution is 2.49. The fourth-order valence-electron chi connectivity index (χ4n) is 5.83. The van der Waals surface area contributed by atoms with Crippen molar-refractivity contribution in [3.8, 4) is 11.1 Å². The van der Waals surface area contributed by atoms with Crippen LogP contribution in [0.2, 0.25) is 0 Å². The molecule has 2 fully saturated rings. The lowest BCUT2D eigenvalue weighted by Crippen LogP contribution is -2.30. The Morgan fingerprint density at radius 3 is 2.19 bits per heavy atom. The fraction of sp³-hybridized carbons (Fsp3) is 0.481. The lowest BCUT2D eigenvalue weighted by molar-refractivity contribution is 0.114. The fourth-order valence-corrected chi connectivity index (χ4v) is 5.83. The molecule has 4 unspecified atom stereocenters. The van der Waals surface area contributed by atoms with Gasteiger partial charge in [0.2, 0.25) is 0 Å². The van der Waals surface area contributed by atoms with Crippen molar-refractivity contribution in [1.82, 2.24) is 0 Å². The molecule has 4 atom stereocenters. The van der Waals surface area contributed by atoms with Gasteiger partial charge >= 0.3 is 0 Å². The maximum Gasteiger partial charge on any atom is 0.167 e. The number of hydrogen-bond acceptors (Lipinski definition) is 0. The maximum atomic E-state index is 15.1. The van der Waals surface area contributed by atoms with Crippen molar-refractivity contribution in [3.63, 3.8) is 0 Å². The van der Waals surface area contributed by atoms with Crippen molar-refractivity contribution in [3.05, 3.63) is 71.3 Å². The third-order valence-corrected chi connectivity index (χ3v) is 7.62. The first-order valence-electron chi connectivity index (χ1n) is 11.4. The molecule has 2 aromatic carbocycles. The highest BCUT2D eigenvalue weighted by molar-refractivity contribution is 5.66. The molecule has 0 saturated heterocycles. The second-order valence-electron chi connectivity index (χ2n) is 9.46. The summed E-state index contributed by atoms with van der Waals surface area (Å²) < 4.78 is 58.3. The van der Waals surface area contributed by atoms with Crippen LogP contribution >= 0.6 is 0 Å². The molecule has 4 rings (SSSR count). The molecule has 2 aromatic rings. The molecule has 0 spiro atoms. The molecule has 0 radical (unpaired) electrons. The van der Waals surface area contributed by atoms with Crippen LogP contribution < -0.4 is 0 Å². The minimum Gasteiger partial charge on any atom is -0.203 e. The Morgan fingerprint density at radius 1 is 0.806 bits per heavy atom. The second kappa shape index (κ2) is 9.18. The van der Waals surface area contributed by atoms with Crippen LogP contribution in [0.3, 0.4) is 0 Å². The van der Waals surface area contributed by atoms with Crippen molar-refractivity contribution < 1.29 is 17.6 Å². The van der Waals surface area contributed by atoms with E-state index in [9.17, 15) is 13.2 Å². The summed E-state index contributed by atoms with van der Waals surface area (Å²) in [6.45, 7) is 5.25.